The maximum Gasteiger partial charge on any atom is 0.297 e. The highest BCUT2D eigenvalue weighted by molar-refractivity contribution is 6.02. The second kappa shape index (κ2) is 3.48. The molecule has 5 heteroatoms. The van der Waals surface area contributed by atoms with Gasteiger partial charge in [0.05, 0.1) is 5.69 Å². The number of para-hydroxylation sites is 1. The van der Waals surface area contributed by atoms with Crippen molar-refractivity contribution in [3.05, 3.63) is 35.8 Å². The molecule has 0 N–H and O–H groups in total. The van der Waals surface area contributed by atoms with Gasteiger partial charge in [-0.3, -0.25) is 0 Å². The number of nitrogens with zero attached hydrogens (tertiary/aromatic N) is 2. The molecule has 0 fully saturated rings. The number of furan rings is 1. The largest absolute Gasteiger partial charge is 0.452 e. The third-order valence-corrected chi connectivity index (χ3v) is 2.60. The monoisotopic (exact) mass is 234 g/mol. The summed E-state index contributed by atoms with van der Waals surface area (Å²) in [4.78, 5) is 7.61. The zero-order valence-corrected chi connectivity index (χ0v) is 8.95. The first kappa shape index (κ1) is 10.1. The molecule has 0 bridgehead atoms. The summed E-state index contributed by atoms with van der Waals surface area (Å²) in [5, 5.41) is 0.731. The predicted molar refractivity (Wildman–Crippen MR) is 59.0 cm³/mol. The fourth-order valence-electron chi connectivity index (χ4n) is 1.85. The Kier molecular flexibility index (Phi) is 2.07. The van der Waals surface area contributed by atoms with Gasteiger partial charge in [0.1, 0.15) is 11.1 Å². The van der Waals surface area contributed by atoms with Crippen LogP contribution in [0.3, 0.4) is 0 Å². The van der Waals surface area contributed by atoms with E-state index in [1.165, 1.54) is 0 Å². The summed E-state index contributed by atoms with van der Waals surface area (Å²) in [6, 6.07) is 7.21. The number of hydrogen-bond acceptors (Lipinski definition) is 3. The summed E-state index contributed by atoms with van der Waals surface area (Å²) >= 11 is 0. The number of halogens is 2. The van der Waals surface area contributed by atoms with Gasteiger partial charge >= 0.3 is 0 Å². The van der Waals surface area contributed by atoms with Crippen molar-refractivity contribution in [2.75, 3.05) is 0 Å². The molecule has 0 aliphatic heterocycles. The van der Waals surface area contributed by atoms with Crippen LogP contribution >= 0.6 is 0 Å². The lowest BCUT2D eigenvalue weighted by atomic mass is 10.2. The normalized spacial score (nSPS) is 11.8. The first-order chi connectivity index (χ1) is 8.16. The Morgan fingerprint density at radius 3 is 2.71 bits per heavy atom. The summed E-state index contributed by atoms with van der Waals surface area (Å²) in [5.74, 6) is -0.457. The predicted octanol–water partition coefficient (Wildman–Crippen LogP) is 3.62. The third-order valence-electron chi connectivity index (χ3n) is 2.60. The van der Waals surface area contributed by atoms with Crippen LogP contribution in [0.2, 0.25) is 0 Å². The highest BCUT2D eigenvalue weighted by Gasteiger charge is 2.17. The number of aromatic nitrogens is 2. The minimum Gasteiger partial charge on any atom is -0.452 e. The number of hydrogen-bond donors (Lipinski definition) is 0. The lowest BCUT2D eigenvalue weighted by Gasteiger charge is -1.99. The van der Waals surface area contributed by atoms with Crippen LogP contribution in [0.5, 0.6) is 0 Å². The van der Waals surface area contributed by atoms with E-state index in [9.17, 15) is 8.78 Å². The molecule has 3 nitrogen and oxygen atoms in total. The SMILES string of the molecule is Cc1nc(C(F)F)nc2c1oc1ccccc12. The Morgan fingerprint density at radius 2 is 1.94 bits per heavy atom. The molecule has 0 aliphatic rings. The summed E-state index contributed by atoms with van der Waals surface area (Å²) in [6.45, 7) is 1.64. The Balaban J connectivity index is 2.46. The molecule has 0 saturated carbocycles. The molecule has 0 aliphatic carbocycles. The molecule has 86 valence electrons. The van der Waals surface area contributed by atoms with Crippen LogP contribution in [0, 0.1) is 6.92 Å². The molecule has 0 saturated heterocycles. The van der Waals surface area contributed by atoms with Gasteiger partial charge in [0.2, 0.25) is 0 Å². The quantitative estimate of drug-likeness (QED) is 0.645. The van der Waals surface area contributed by atoms with Crippen LogP contribution in [0.1, 0.15) is 17.9 Å². The van der Waals surface area contributed by atoms with Gasteiger partial charge in [-0.05, 0) is 19.1 Å². The van der Waals surface area contributed by atoms with Crippen molar-refractivity contribution in [3.63, 3.8) is 0 Å². The van der Waals surface area contributed by atoms with E-state index in [4.69, 9.17) is 4.42 Å². The van der Waals surface area contributed by atoms with E-state index < -0.39 is 12.2 Å². The van der Waals surface area contributed by atoms with Gasteiger partial charge < -0.3 is 4.42 Å². The number of fused-ring (bicyclic) bond motifs is 3. The fraction of sp³-hybridized carbons (Fsp3) is 0.167. The van der Waals surface area contributed by atoms with Gasteiger partial charge in [-0.25, -0.2) is 18.7 Å². The molecule has 1 aromatic carbocycles. The van der Waals surface area contributed by atoms with Crippen LogP contribution in [0.15, 0.2) is 28.7 Å². The van der Waals surface area contributed by atoms with E-state index >= 15 is 0 Å². The summed E-state index contributed by atoms with van der Waals surface area (Å²) in [7, 11) is 0. The van der Waals surface area contributed by atoms with Crippen molar-refractivity contribution < 1.29 is 13.2 Å². The highest BCUT2D eigenvalue weighted by Crippen LogP contribution is 2.29. The van der Waals surface area contributed by atoms with Gasteiger partial charge in [-0.1, -0.05) is 12.1 Å². The minimum atomic E-state index is -2.67. The van der Waals surface area contributed by atoms with Crippen molar-refractivity contribution >= 4 is 22.1 Å². The number of alkyl halides is 2. The van der Waals surface area contributed by atoms with E-state index in [1.54, 1.807) is 19.1 Å². The van der Waals surface area contributed by atoms with Gasteiger partial charge in [0.25, 0.3) is 6.43 Å². The third kappa shape index (κ3) is 1.46. The van der Waals surface area contributed by atoms with Crippen LogP contribution in [0.25, 0.3) is 22.1 Å². The van der Waals surface area contributed by atoms with Gasteiger partial charge in [0.15, 0.2) is 11.4 Å². The molecular weight excluding hydrogens is 226 g/mol. The van der Waals surface area contributed by atoms with Crippen LogP contribution in [-0.4, -0.2) is 9.97 Å². The average molecular weight is 234 g/mol. The standard InChI is InChI=1S/C12H8F2N2O/c1-6-10-9(16-12(15-6)11(13)14)7-4-2-3-5-8(7)17-10/h2-5,11H,1H3. The number of benzene rings is 1. The molecule has 3 aromatic rings. The van der Waals surface area contributed by atoms with E-state index in [1.807, 2.05) is 12.1 Å². The fourth-order valence-corrected chi connectivity index (χ4v) is 1.85. The van der Waals surface area contributed by atoms with E-state index in [0.29, 0.717) is 22.4 Å². The van der Waals surface area contributed by atoms with Gasteiger partial charge in [-0.15, -0.1) is 0 Å². The number of rotatable bonds is 1. The maximum atomic E-state index is 12.6. The Hall–Kier alpha value is -2.04. The van der Waals surface area contributed by atoms with Crippen LogP contribution in [0.4, 0.5) is 8.78 Å². The van der Waals surface area contributed by atoms with E-state index in [0.717, 1.165) is 5.39 Å². The summed E-state index contributed by atoms with van der Waals surface area (Å²) in [6.07, 6.45) is -2.67. The second-order valence-corrected chi connectivity index (χ2v) is 3.74. The van der Waals surface area contributed by atoms with Crippen molar-refractivity contribution in [1.82, 2.24) is 9.97 Å². The van der Waals surface area contributed by atoms with Crippen molar-refractivity contribution in [2.24, 2.45) is 0 Å². The first-order valence-electron chi connectivity index (χ1n) is 5.11. The smallest absolute Gasteiger partial charge is 0.297 e. The Morgan fingerprint density at radius 1 is 1.18 bits per heavy atom. The van der Waals surface area contributed by atoms with Crippen molar-refractivity contribution in [3.8, 4) is 0 Å². The molecule has 0 amide bonds. The number of aryl methyl sites for hydroxylation is 1. The zero-order valence-electron chi connectivity index (χ0n) is 8.95. The Labute approximate surface area is 95.1 Å². The molecule has 0 radical (unpaired) electrons. The molecule has 0 spiro atoms. The van der Waals surface area contributed by atoms with Crippen molar-refractivity contribution in [1.29, 1.82) is 0 Å². The van der Waals surface area contributed by atoms with Crippen molar-refractivity contribution in [2.45, 2.75) is 13.3 Å². The lowest BCUT2D eigenvalue weighted by molar-refractivity contribution is 0.140. The minimum absolute atomic E-state index is 0.432. The molecule has 0 unspecified atom stereocenters. The van der Waals surface area contributed by atoms with E-state index in [2.05, 4.69) is 9.97 Å². The highest BCUT2D eigenvalue weighted by atomic mass is 19.3. The van der Waals surface area contributed by atoms with Gasteiger partial charge in [0, 0.05) is 5.39 Å². The average Bonchev–Trinajstić information content (AvgIpc) is 2.68. The zero-order chi connectivity index (χ0) is 12.0. The van der Waals surface area contributed by atoms with E-state index in [-0.39, 0.29) is 0 Å². The molecule has 2 aromatic heterocycles. The van der Waals surface area contributed by atoms with Gasteiger partial charge in [-0.2, -0.15) is 0 Å². The first-order valence-corrected chi connectivity index (χ1v) is 5.11. The van der Waals surface area contributed by atoms with Crippen LogP contribution in [-0.2, 0) is 0 Å². The molecule has 17 heavy (non-hydrogen) atoms. The second-order valence-electron chi connectivity index (χ2n) is 3.74. The molecular formula is C12H8F2N2O. The summed E-state index contributed by atoms with van der Waals surface area (Å²) in [5.41, 5.74) is 1.98. The maximum absolute atomic E-state index is 12.6. The topological polar surface area (TPSA) is 38.9 Å². The Bertz CT molecular complexity index is 706. The molecule has 2 heterocycles. The summed E-state index contributed by atoms with van der Waals surface area (Å²) < 4.78 is 30.8. The molecule has 0 atom stereocenters. The molecule has 3 rings (SSSR count). The van der Waals surface area contributed by atoms with Crippen LogP contribution < -0.4 is 0 Å². The lowest BCUT2D eigenvalue weighted by Crippen LogP contribution is -1.97.